The number of H-pyrrole nitrogens is 1. The van der Waals surface area contributed by atoms with Gasteiger partial charge in [0, 0.05) is 0 Å². The van der Waals surface area contributed by atoms with Gasteiger partial charge in [0.1, 0.15) is 7.24 Å². The molecule has 1 atom stereocenters. The van der Waals surface area contributed by atoms with Gasteiger partial charge < -0.3 is 10.3 Å². The molecule has 1 saturated heterocycles. The lowest BCUT2D eigenvalue weighted by Crippen LogP contribution is -2.27. The van der Waals surface area contributed by atoms with E-state index in [1.165, 1.54) is 6.42 Å². The summed E-state index contributed by atoms with van der Waals surface area (Å²) >= 11 is 0. The molecule has 1 aliphatic rings. The number of piperidine rings is 1. The van der Waals surface area contributed by atoms with Crippen LogP contribution in [-0.4, -0.2) is 16.5 Å². The second-order valence-corrected chi connectivity index (χ2v) is 4.93. The molecule has 19 heavy (non-hydrogen) atoms. The Morgan fingerprint density at radius 3 is 2.89 bits per heavy atom. The molecule has 0 bridgehead atoms. The molecule has 1 aromatic carbocycles. The third-order valence-electron chi connectivity index (χ3n) is 3.60. The Bertz CT molecular complexity index is 588. The van der Waals surface area contributed by atoms with Crippen LogP contribution in [0.5, 0.6) is 0 Å². The third-order valence-corrected chi connectivity index (χ3v) is 3.60. The van der Waals surface area contributed by atoms with Gasteiger partial charge in [-0.05, 0) is 30.5 Å². The van der Waals surface area contributed by atoms with Crippen LogP contribution >= 0.6 is 0 Å². The van der Waals surface area contributed by atoms with Crippen molar-refractivity contribution in [2.45, 2.75) is 25.3 Å². The van der Waals surface area contributed by atoms with Gasteiger partial charge in [0.05, 0.1) is 17.9 Å². The molecule has 0 saturated carbocycles. The molecular weight excluding hydrogens is 234 g/mol. The number of benzene rings is 1. The number of rotatable bonds is 3. The van der Waals surface area contributed by atoms with E-state index < -0.39 is 0 Å². The van der Waals surface area contributed by atoms with Gasteiger partial charge in [-0.2, -0.15) is 0 Å². The van der Waals surface area contributed by atoms with E-state index in [4.69, 9.17) is 1.41 Å². The number of aromatic amines is 1. The van der Waals surface area contributed by atoms with Gasteiger partial charge in [-0.25, -0.2) is 4.98 Å². The zero-order chi connectivity index (χ0) is 13.9. The van der Waals surface area contributed by atoms with Crippen LogP contribution in [0.1, 0.15) is 36.7 Å². The Hall–Kier alpha value is -1.87. The molecule has 1 fully saturated rings. The van der Waals surface area contributed by atoms with E-state index in [9.17, 15) is 0 Å². The zero-order valence-electron chi connectivity index (χ0n) is 12.0. The summed E-state index contributed by atoms with van der Waals surface area (Å²) in [6.45, 7) is 4.59. The largest absolute Gasteiger partial charge is 0.341 e. The summed E-state index contributed by atoms with van der Waals surface area (Å²) in [4.78, 5) is 7.84. The smallest absolute Gasteiger partial charge is 0.123 e. The molecule has 0 amide bonds. The van der Waals surface area contributed by atoms with Gasteiger partial charge in [0.2, 0.25) is 0 Å². The van der Waals surface area contributed by atoms with E-state index in [-0.39, 0.29) is 6.04 Å². The van der Waals surface area contributed by atoms with E-state index in [1.54, 1.807) is 5.31 Å². The number of nitrogens with zero attached hydrogens (tertiary/aromatic N) is 1. The molecule has 0 aliphatic carbocycles. The lowest BCUT2D eigenvalue weighted by Gasteiger charge is -2.21. The fraction of sp³-hybridized carbons (Fsp3) is 0.312. The predicted molar refractivity (Wildman–Crippen MR) is 78.7 cm³/mol. The van der Waals surface area contributed by atoms with Crippen LogP contribution in [0.15, 0.2) is 37.0 Å². The van der Waals surface area contributed by atoms with Crippen LogP contribution in [0.4, 0.5) is 0 Å². The van der Waals surface area contributed by atoms with Crippen LogP contribution in [0.25, 0.3) is 17.3 Å². The van der Waals surface area contributed by atoms with E-state index in [1.807, 2.05) is 24.4 Å². The SMILES string of the molecule is [2H]N1CCCCC1c1ncc(-c2ccc(C=C)cc2)[nH]1. The first-order valence-electron chi connectivity index (χ1n) is 7.26. The molecule has 2 N–H and O–H groups in total. The number of hydrogen-bond donors (Lipinski definition) is 2. The first-order valence-corrected chi connectivity index (χ1v) is 6.81. The maximum absolute atomic E-state index is 8.00. The summed E-state index contributed by atoms with van der Waals surface area (Å²) in [7, 11) is 0. The highest BCUT2D eigenvalue weighted by atomic mass is 15.0. The molecule has 2 aromatic rings. The normalized spacial score (nSPS) is 21.1. The van der Waals surface area contributed by atoms with Crippen molar-refractivity contribution in [2.24, 2.45) is 0 Å². The topological polar surface area (TPSA) is 40.7 Å². The van der Waals surface area contributed by atoms with Gasteiger partial charge in [-0.15, -0.1) is 0 Å². The monoisotopic (exact) mass is 254 g/mol. The number of hydrogen-bond acceptors (Lipinski definition) is 2. The van der Waals surface area contributed by atoms with Crippen molar-refractivity contribution in [2.75, 3.05) is 6.54 Å². The molecule has 0 radical (unpaired) electrons. The second-order valence-electron chi connectivity index (χ2n) is 4.93. The first kappa shape index (κ1) is 11.0. The number of imidazole rings is 1. The molecule has 1 unspecified atom stereocenters. The summed E-state index contributed by atoms with van der Waals surface area (Å²) in [5, 5.41) is 1.65. The van der Waals surface area contributed by atoms with Crippen LogP contribution in [-0.2, 0) is 0 Å². The Balaban J connectivity index is 1.83. The van der Waals surface area contributed by atoms with Gasteiger partial charge in [-0.1, -0.05) is 43.3 Å². The second kappa shape index (κ2) is 5.41. The summed E-state index contributed by atoms with van der Waals surface area (Å²) in [5.74, 6) is 0.905. The Morgan fingerprint density at radius 2 is 2.16 bits per heavy atom. The molecule has 3 heteroatoms. The van der Waals surface area contributed by atoms with Gasteiger partial charge in [-0.3, -0.25) is 0 Å². The van der Waals surface area contributed by atoms with Crippen LogP contribution in [0.3, 0.4) is 0 Å². The maximum Gasteiger partial charge on any atom is 0.123 e. The van der Waals surface area contributed by atoms with Crippen molar-refractivity contribution in [3.8, 4) is 11.3 Å². The van der Waals surface area contributed by atoms with E-state index >= 15 is 0 Å². The maximum atomic E-state index is 8.00. The Kier molecular flexibility index (Phi) is 3.13. The lowest BCUT2D eigenvalue weighted by atomic mass is 10.0. The van der Waals surface area contributed by atoms with Crippen molar-refractivity contribution < 1.29 is 1.41 Å². The number of aromatic nitrogens is 2. The highest BCUT2D eigenvalue weighted by Crippen LogP contribution is 2.24. The average Bonchev–Trinajstić information content (AvgIpc) is 2.97. The first-order chi connectivity index (χ1) is 9.78. The summed E-state index contributed by atoms with van der Waals surface area (Å²) in [5.41, 5.74) is 3.23. The predicted octanol–water partition coefficient (Wildman–Crippen LogP) is 3.53. The minimum absolute atomic E-state index is 0.102. The Labute approximate surface area is 115 Å². The standard InChI is InChI=1S/C16H19N3/c1-2-12-6-8-13(9-7-12)15-11-18-16(19-15)14-5-3-4-10-17-14/h2,6-9,11,14,17H,1,3-5,10H2,(H,18,19)/i/hD. The van der Waals surface area contributed by atoms with Gasteiger partial charge in [0.25, 0.3) is 0 Å². The highest BCUT2D eigenvalue weighted by Gasteiger charge is 2.17. The molecule has 0 spiro atoms. The van der Waals surface area contributed by atoms with Crippen LogP contribution in [0.2, 0.25) is 1.41 Å². The average molecular weight is 254 g/mol. The van der Waals surface area contributed by atoms with Crippen molar-refractivity contribution in [3.63, 3.8) is 0 Å². The highest BCUT2D eigenvalue weighted by molar-refractivity contribution is 5.61. The molecule has 98 valence electrons. The summed E-state index contributed by atoms with van der Waals surface area (Å²) in [6.07, 6.45) is 6.98. The van der Waals surface area contributed by atoms with Gasteiger partial charge in [0.15, 0.2) is 0 Å². The molecule has 1 aliphatic heterocycles. The van der Waals surface area contributed by atoms with Crippen molar-refractivity contribution in [1.82, 2.24) is 15.3 Å². The molecule has 3 rings (SSSR count). The molecule has 2 heterocycles. The minimum Gasteiger partial charge on any atom is -0.341 e. The molecule has 3 nitrogen and oxygen atoms in total. The van der Waals surface area contributed by atoms with Crippen molar-refractivity contribution in [3.05, 3.63) is 48.4 Å². The lowest BCUT2D eigenvalue weighted by molar-refractivity contribution is 0.399. The van der Waals surface area contributed by atoms with E-state index in [2.05, 4.69) is 28.7 Å². The fourth-order valence-electron chi connectivity index (χ4n) is 2.46. The van der Waals surface area contributed by atoms with Crippen LogP contribution in [0, 0.1) is 0 Å². The molecule has 1 aromatic heterocycles. The third kappa shape index (κ3) is 2.61. The quantitative estimate of drug-likeness (QED) is 0.879. The van der Waals surface area contributed by atoms with Crippen molar-refractivity contribution in [1.29, 1.82) is 0 Å². The number of nitrogens with one attached hydrogen (secondary N) is 2. The fourth-order valence-corrected chi connectivity index (χ4v) is 2.46. The van der Waals surface area contributed by atoms with E-state index in [0.717, 1.165) is 42.0 Å². The van der Waals surface area contributed by atoms with Crippen molar-refractivity contribution >= 4 is 6.08 Å². The van der Waals surface area contributed by atoms with Gasteiger partial charge >= 0.3 is 0 Å². The van der Waals surface area contributed by atoms with Crippen LogP contribution < -0.4 is 5.31 Å². The summed E-state index contributed by atoms with van der Waals surface area (Å²) < 4.78 is 8.00. The zero-order valence-corrected chi connectivity index (χ0v) is 11.0. The Morgan fingerprint density at radius 1 is 1.32 bits per heavy atom. The molecular formula is C16H19N3. The summed E-state index contributed by atoms with van der Waals surface area (Å²) in [6, 6.07) is 8.31. The minimum atomic E-state index is 0.102. The van der Waals surface area contributed by atoms with E-state index in [0.29, 0.717) is 0 Å².